The zero-order chi connectivity index (χ0) is 12.8. The summed E-state index contributed by atoms with van der Waals surface area (Å²) in [7, 11) is 0. The van der Waals surface area contributed by atoms with Crippen molar-refractivity contribution in [3.63, 3.8) is 0 Å². The number of hydrogen-bond donors (Lipinski definition) is 1. The molecule has 2 rings (SSSR count). The molecule has 2 saturated heterocycles. The molecule has 0 amide bonds. The highest BCUT2D eigenvalue weighted by molar-refractivity contribution is 4.83. The van der Waals surface area contributed by atoms with Crippen molar-refractivity contribution in [3.8, 4) is 0 Å². The number of rotatable bonds is 5. The molecule has 106 valence electrons. The molecule has 0 saturated carbocycles. The van der Waals surface area contributed by atoms with E-state index in [0.29, 0.717) is 12.0 Å². The van der Waals surface area contributed by atoms with Gasteiger partial charge < -0.3 is 15.0 Å². The van der Waals surface area contributed by atoms with Crippen LogP contribution in [0.3, 0.4) is 0 Å². The van der Waals surface area contributed by atoms with E-state index in [-0.39, 0.29) is 0 Å². The Morgan fingerprint density at radius 1 is 1.33 bits per heavy atom. The molecule has 0 aliphatic carbocycles. The minimum Gasteiger partial charge on any atom is -0.381 e. The van der Waals surface area contributed by atoms with E-state index in [4.69, 9.17) is 4.74 Å². The van der Waals surface area contributed by atoms with E-state index < -0.39 is 0 Å². The van der Waals surface area contributed by atoms with Gasteiger partial charge in [0.15, 0.2) is 0 Å². The molecule has 0 radical (unpaired) electrons. The Morgan fingerprint density at radius 3 is 3.00 bits per heavy atom. The number of likely N-dealkylation sites (tertiary alicyclic amines) is 1. The van der Waals surface area contributed by atoms with Gasteiger partial charge in [0.1, 0.15) is 0 Å². The van der Waals surface area contributed by atoms with Crippen molar-refractivity contribution in [2.45, 2.75) is 45.6 Å². The van der Waals surface area contributed by atoms with E-state index in [1.165, 1.54) is 45.3 Å². The lowest BCUT2D eigenvalue weighted by molar-refractivity contribution is 0.0111. The number of hydrogen-bond acceptors (Lipinski definition) is 3. The molecule has 18 heavy (non-hydrogen) atoms. The SMILES string of the molecule is CCCNC1CCOCC1CN1CCCC(C)C1. The highest BCUT2D eigenvalue weighted by Crippen LogP contribution is 2.21. The van der Waals surface area contributed by atoms with Gasteiger partial charge in [-0.2, -0.15) is 0 Å². The molecular weight excluding hydrogens is 224 g/mol. The molecule has 2 aliphatic heterocycles. The van der Waals surface area contributed by atoms with Crippen LogP contribution in [-0.2, 0) is 4.74 Å². The quantitative estimate of drug-likeness (QED) is 0.813. The Labute approximate surface area is 112 Å². The van der Waals surface area contributed by atoms with Crippen molar-refractivity contribution in [2.24, 2.45) is 11.8 Å². The molecule has 3 heteroatoms. The average molecular weight is 254 g/mol. The Kier molecular flexibility index (Phi) is 5.93. The van der Waals surface area contributed by atoms with Crippen molar-refractivity contribution >= 4 is 0 Å². The molecule has 1 N–H and O–H groups in total. The first-order valence-electron chi connectivity index (χ1n) is 7.83. The summed E-state index contributed by atoms with van der Waals surface area (Å²) in [5, 5.41) is 3.72. The predicted octanol–water partition coefficient (Wildman–Crippen LogP) is 2.12. The first kappa shape index (κ1) is 14.3. The maximum Gasteiger partial charge on any atom is 0.0521 e. The van der Waals surface area contributed by atoms with E-state index in [1.54, 1.807) is 0 Å². The summed E-state index contributed by atoms with van der Waals surface area (Å²) in [6.45, 7) is 11.5. The standard InChI is InChI=1S/C15H30N2O/c1-3-7-16-15-6-9-18-12-14(15)11-17-8-4-5-13(2)10-17/h13-16H,3-12H2,1-2H3. The van der Waals surface area contributed by atoms with E-state index >= 15 is 0 Å². The Morgan fingerprint density at radius 2 is 2.22 bits per heavy atom. The van der Waals surface area contributed by atoms with Crippen molar-refractivity contribution in [2.75, 3.05) is 39.4 Å². The van der Waals surface area contributed by atoms with Crippen molar-refractivity contribution < 1.29 is 4.74 Å². The van der Waals surface area contributed by atoms with Gasteiger partial charge in [0.25, 0.3) is 0 Å². The first-order valence-corrected chi connectivity index (χ1v) is 7.83. The Bertz CT molecular complexity index is 235. The smallest absolute Gasteiger partial charge is 0.0521 e. The second-order valence-electron chi connectivity index (χ2n) is 6.19. The highest BCUT2D eigenvalue weighted by atomic mass is 16.5. The van der Waals surface area contributed by atoms with Crippen molar-refractivity contribution in [3.05, 3.63) is 0 Å². The van der Waals surface area contributed by atoms with E-state index in [1.807, 2.05) is 0 Å². The molecule has 0 aromatic rings. The number of ether oxygens (including phenoxy) is 1. The largest absolute Gasteiger partial charge is 0.381 e. The van der Waals surface area contributed by atoms with E-state index in [2.05, 4.69) is 24.1 Å². The summed E-state index contributed by atoms with van der Waals surface area (Å²) in [6, 6.07) is 0.677. The van der Waals surface area contributed by atoms with Gasteiger partial charge in [-0.1, -0.05) is 13.8 Å². The van der Waals surface area contributed by atoms with Crippen LogP contribution in [0.2, 0.25) is 0 Å². The van der Waals surface area contributed by atoms with Gasteiger partial charge in [-0.25, -0.2) is 0 Å². The highest BCUT2D eigenvalue weighted by Gasteiger charge is 2.28. The van der Waals surface area contributed by atoms with Crippen LogP contribution in [0, 0.1) is 11.8 Å². The lowest BCUT2D eigenvalue weighted by Crippen LogP contribution is -2.49. The van der Waals surface area contributed by atoms with Crippen LogP contribution >= 0.6 is 0 Å². The Hall–Kier alpha value is -0.120. The molecule has 0 aromatic carbocycles. The summed E-state index contributed by atoms with van der Waals surface area (Å²) < 4.78 is 5.69. The molecule has 0 spiro atoms. The van der Waals surface area contributed by atoms with Gasteiger partial charge in [0, 0.05) is 31.7 Å². The molecule has 3 nitrogen and oxygen atoms in total. The summed E-state index contributed by atoms with van der Waals surface area (Å²) in [6.07, 6.45) is 5.20. The van der Waals surface area contributed by atoms with Crippen LogP contribution in [0.5, 0.6) is 0 Å². The van der Waals surface area contributed by atoms with Gasteiger partial charge in [-0.15, -0.1) is 0 Å². The molecular formula is C15H30N2O. The molecule has 0 bridgehead atoms. The molecule has 0 aromatic heterocycles. The number of piperidine rings is 1. The van der Waals surface area contributed by atoms with Crippen molar-refractivity contribution in [1.82, 2.24) is 10.2 Å². The van der Waals surface area contributed by atoms with Gasteiger partial charge in [0.2, 0.25) is 0 Å². The maximum absolute atomic E-state index is 5.69. The maximum atomic E-state index is 5.69. The summed E-state index contributed by atoms with van der Waals surface area (Å²) in [5.74, 6) is 1.57. The average Bonchev–Trinajstić information content (AvgIpc) is 2.38. The Balaban J connectivity index is 1.80. The van der Waals surface area contributed by atoms with E-state index in [0.717, 1.165) is 25.7 Å². The van der Waals surface area contributed by atoms with Gasteiger partial charge >= 0.3 is 0 Å². The van der Waals surface area contributed by atoms with E-state index in [9.17, 15) is 0 Å². The zero-order valence-corrected chi connectivity index (χ0v) is 12.2. The second-order valence-corrected chi connectivity index (χ2v) is 6.19. The third kappa shape index (κ3) is 4.22. The normalized spacial score (nSPS) is 34.7. The summed E-state index contributed by atoms with van der Waals surface area (Å²) >= 11 is 0. The molecule has 2 fully saturated rings. The van der Waals surface area contributed by atoms with Crippen LogP contribution in [0.4, 0.5) is 0 Å². The lowest BCUT2D eigenvalue weighted by Gasteiger charge is -2.38. The lowest BCUT2D eigenvalue weighted by atomic mass is 9.93. The van der Waals surface area contributed by atoms with Gasteiger partial charge in [-0.3, -0.25) is 0 Å². The van der Waals surface area contributed by atoms with Crippen LogP contribution in [0.25, 0.3) is 0 Å². The number of nitrogens with zero attached hydrogens (tertiary/aromatic N) is 1. The van der Waals surface area contributed by atoms with Gasteiger partial charge in [0.05, 0.1) is 6.61 Å². The minimum atomic E-state index is 0.677. The van der Waals surface area contributed by atoms with Gasteiger partial charge in [-0.05, 0) is 44.7 Å². The minimum absolute atomic E-state index is 0.677. The third-order valence-electron chi connectivity index (χ3n) is 4.36. The van der Waals surface area contributed by atoms with Crippen LogP contribution in [0.1, 0.15) is 39.5 Å². The molecule has 2 aliphatic rings. The fourth-order valence-corrected chi connectivity index (χ4v) is 3.36. The summed E-state index contributed by atoms with van der Waals surface area (Å²) in [4.78, 5) is 2.66. The first-order chi connectivity index (χ1) is 8.79. The fraction of sp³-hybridized carbons (Fsp3) is 1.00. The molecule has 2 heterocycles. The van der Waals surface area contributed by atoms with Crippen LogP contribution in [0.15, 0.2) is 0 Å². The monoisotopic (exact) mass is 254 g/mol. The second kappa shape index (κ2) is 7.46. The van der Waals surface area contributed by atoms with Crippen molar-refractivity contribution in [1.29, 1.82) is 0 Å². The zero-order valence-electron chi connectivity index (χ0n) is 12.2. The summed E-state index contributed by atoms with van der Waals surface area (Å²) in [5.41, 5.74) is 0. The third-order valence-corrected chi connectivity index (χ3v) is 4.36. The number of nitrogens with one attached hydrogen (secondary N) is 1. The molecule has 3 atom stereocenters. The van der Waals surface area contributed by atoms with Crippen LogP contribution < -0.4 is 5.32 Å². The topological polar surface area (TPSA) is 24.5 Å². The molecule has 3 unspecified atom stereocenters. The predicted molar refractivity (Wildman–Crippen MR) is 75.8 cm³/mol. The van der Waals surface area contributed by atoms with Crippen LogP contribution in [-0.4, -0.2) is 50.3 Å². The fourth-order valence-electron chi connectivity index (χ4n) is 3.36.